The zero-order valence-electron chi connectivity index (χ0n) is 9.22. The molecule has 0 fully saturated rings. The van der Waals surface area contributed by atoms with Gasteiger partial charge in [0, 0.05) is 5.39 Å². The van der Waals surface area contributed by atoms with Crippen molar-refractivity contribution in [2.45, 2.75) is 9.79 Å². The molecule has 19 heavy (non-hydrogen) atoms. The summed E-state index contributed by atoms with van der Waals surface area (Å²) in [6.45, 7) is 0. The summed E-state index contributed by atoms with van der Waals surface area (Å²) < 4.78 is 57.8. The lowest BCUT2D eigenvalue weighted by Crippen LogP contribution is -2.06. The number of rotatable bonds is 3. The monoisotopic (exact) mass is 304 g/mol. The Kier molecular flexibility index (Phi) is 3.32. The fraction of sp³-hybridized carbons (Fsp3) is 0. The topological polar surface area (TPSA) is 118 Å². The van der Waals surface area contributed by atoms with E-state index in [1.54, 1.807) is 6.07 Å². The minimum absolute atomic E-state index is 0.155. The van der Waals surface area contributed by atoms with Gasteiger partial charge in [0.2, 0.25) is 0 Å². The summed E-state index contributed by atoms with van der Waals surface area (Å²) in [6.07, 6.45) is 0. The van der Waals surface area contributed by atoms with Crippen molar-refractivity contribution in [2.24, 2.45) is 0 Å². The molecular weight excluding hydrogens is 296 g/mol. The summed E-state index contributed by atoms with van der Waals surface area (Å²) in [6, 6.07) is 7.80. The fourth-order valence-electron chi connectivity index (χ4n) is 1.65. The first kappa shape index (κ1) is 13.9. The van der Waals surface area contributed by atoms with Crippen LogP contribution in [-0.4, -0.2) is 26.6 Å². The average molecular weight is 304 g/mol. The van der Waals surface area contributed by atoms with Crippen LogP contribution in [0.5, 0.6) is 0 Å². The molecule has 0 aliphatic rings. The zero-order chi connectivity index (χ0) is 14.3. The maximum absolute atomic E-state index is 11.4. The Hall–Kier alpha value is -1.52. The van der Waals surface area contributed by atoms with Crippen LogP contribution in [0.15, 0.2) is 46.2 Å². The highest BCUT2D eigenvalue weighted by molar-refractivity contribution is 7.87. The second-order valence-corrected chi connectivity index (χ2v) is 6.56. The molecule has 0 aliphatic heterocycles. The van der Waals surface area contributed by atoms with E-state index in [0.717, 1.165) is 6.07 Å². The SMILES string of the molecule is O=S(=O)(O)c1cc(S(=O)(=O)OO)cc2ccccc12. The Morgan fingerprint density at radius 3 is 2.21 bits per heavy atom. The molecule has 0 aromatic heterocycles. The Bertz CT molecular complexity index is 837. The summed E-state index contributed by atoms with van der Waals surface area (Å²) in [5.74, 6) is 0. The van der Waals surface area contributed by atoms with Crippen LogP contribution in [0.25, 0.3) is 10.8 Å². The highest BCUT2D eigenvalue weighted by atomic mass is 32.2. The lowest BCUT2D eigenvalue weighted by molar-refractivity contribution is -0.130. The van der Waals surface area contributed by atoms with Crippen LogP contribution in [0.4, 0.5) is 0 Å². The second-order valence-electron chi connectivity index (χ2n) is 3.65. The van der Waals surface area contributed by atoms with E-state index in [2.05, 4.69) is 4.33 Å². The molecular formula is C10H8O7S2. The number of hydrogen-bond donors (Lipinski definition) is 2. The number of fused-ring (bicyclic) bond motifs is 1. The molecule has 2 aromatic rings. The van der Waals surface area contributed by atoms with Crippen molar-refractivity contribution >= 4 is 31.0 Å². The van der Waals surface area contributed by atoms with E-state index in [9.17, 15) is 16.8 Å². The predicted molar refractivity (Wildman–Crippen MR) is 64.7 cm³/mol. The van der Waals surface area contributed by atoms with E-state index >= 15 is 0 Å². The van der Waals surface area contributed by atoms with Gasteiger partial charge in [-0.2, -0.15) is 16.8 Å². The Balaban J connectivity index is 2.94. The third-order valence-electron chi connectivity index (χ3n) is 2.46. The molecule has 7 nitrogen and oxygen atoms in total. The highest BCUT2D eigenvalue weighted by Gasteiger charge is 2.22. The minimum atomic E-state index is -4.62. The Morgan fingerprint density at radius 2 is 1.63 bits per heavy atom. The molecule has 9 heteroatoms. The van der Waals surface area contributed by atoms with Crippen LogP contribution in [0, 0.1) is 0 Å². The maximum Gasteiger partial charge on any atom is 0.323 e. The van der Waals surface area contributed by atoms with Crippen molar-refractivity contribution in [1.29, 1.82) is 0 Å². The van der Waals surface area contributed by atoms with Crippen LogP contribution in [0.1, 0.15) is 0 Å². The van der Waals surface area contributed by atoms with Gasteiger partial charge in [-0.15, -0.1) is 4.33 Å². The van der Waals surface area contributed by atoms with E-state index in [1.807, 2.05) is 0 Å². The van der Waals surface area contributed by atoms with Crippen LogP contribution >= 0.6 is 0 Å². The van der Waals surface area contributed by atoms with Gasteiger partial charge in [-0.05, 0) is 17.5 Å². The molecule has 2 N–H and O–H groups in total. The third kappa shape index (κ3) is 2.60. The number of benzene rings is 2. The van der Waals surface area contributed by atoms with Crippen molar-refractivity contribution in [2.75, 3.05) is 0 Å². The Labute approximate surface area is 108 Å². The molecule has 0 heterocycles. The van der Waals surface area contributed by atoms with Crippen molar-refractivity contribution < 1.29 is 31.0 Å². The van der Waals surface area contributed by atoms with Crippen LogP contribution in [0.3, 0.4) is 0 Å². The van der Waals surface area contributed by atoms with Crippen molar-refractivity contribution in [1.82, 2.24) is 0 Å². The lowest BCUT2D eigenvalue weighted by atomic mass is 10.1. The third-order valence-corrected chi connectivity index (χ3v) is 4.36. The quantitative estimate of drug-likeness (QED) is 0.498. The lowest BCUT2D eigenvalue weighted by Gasteiger charge is -2.07. The van der Waals surface area contributed by atoms with Gasteiger partial charge in [0.1, 0.15) is 4.90 Å². The van der Waals surface area contributed by atoms with Gasteiger partial charge >= 0.3 is 10.1 Å². The van der Waals surface area contributed by atoms with Crippen molar-refractivity contribution in [3.63, 3.8) is 0 Å². The van der Waals surface area contributed by atoms with Crippen LogP contribution < -0.4 is 0 Å². The van der Waals surface area contributed by atoms with Gasteiger partial charge in [0.15, 0.2) is 0 Å². The van der Waals surface area contributed by atoms with E-state index in [-0.39, 0.29) is 10.8 Å². The first-order valence-corrected chi connectivity index (χ1v) is 7.69. The minimum Gasteiger partial charge on any atom is -0.282 e. The summed E-state index contributed by atoms with van der Waals surface area (Å²) in [5.41, 5.74) is 0. The Morgan fingerprint density at radius 1 is 1.00 bits per heavy atom. The molecule has 0 saturated carbocycles. The largest absolute Gasteiger partial charge is 0.323 e. The standard InChI is InChI=1S/C10H8O7S2/c11-17-19(15,16)8-5-7-3-1-2-4-9(7)10(6-8)18(12,13)14/h1-6,11H,(H,12,13,14). The van der Waals surface area contributed by atoms with Crippen LogP contribution in [-0.2, 0) is 24.6 Å². The molecule has 0 radical (unpaired) electrons. The van der Waals surface area contributed by atoms with Crippen LogP contribution in [0.2, 0.25) is 0 Å². The predicted octanol–water partition coefficient (Wildman–Crippen LogP) is 1.26. The normalized spacial score (nSPS) is 12.7. The summed E-state index contributed by atoms with van der Waals surface area (Å²) in [5, 5.41) is 8.73. The maximum atomic E-state index is 11.4. The zero-order valence-corrected chi connectivity index (χ0v) is 10.8. The van der Waals surface area contributed by atoms with E-state index in [1.165, 1.54) is 18.2 Å². The van der Waals surface area contributed by atoms with Gasteiger partial charge < -0.3 is 0 Å². The molecule has 0 spiro atoms. The van der Waals surface area contributed by atoms with Gasteiger partial charge in [-0.3, -0.25) is 4.55 Å². The molecule has 0 amide bonds. The number of hydrogen-bond acceptors (Lipinski definition) is 6. The van der Waals surface area contributed by atoms with Crippen molar-refractivity contribution in [3.8, 4) is 0 Å². The van der Waals surface area contributed by atoms with Gasteiger partial charge in [0.25, 0.3) is 10.1 Å². The first-order chi connectivity index (χ1) is 8.75. The first-order valence-electron chi connectivity index (χ1n) is 4.84. The molecule has 102 valence electrons. The average Bonchev–Trinajstić information content (AvgIpc) is 2.36. The van der Waals surface area contributed by atoms with Crippen molar-refractivity contribution in [3.05, 3.63) is 36.4 Å². The summed E-state index contributed by atoms with van der Waals surface area (Å²) in [7, 11) is -9.11. The molecule has 0 unspecified atom stereocenters. The van der Waals surface area contributed by atoms with E-state index < -0.39 is 30.0 Å². The smallest absolute Gasteiger partial charge is 0.282 e. The van der Waals surface area contributed by atoms with Gasteiger partial charge in [-0.25, -0.2) is 5.26 Å². The molecule has 0 aliphatic carbocycles. The molecule has 0 saturated heterocycles. The fourth-order valence-corrected chi connectivity index (χ4v) is 3.08. The summed E-state index contributed by atoms with van der Waals surface area (Å²) in [4.78, 5) is -1.16. The molecule has 2 aromatic carbocycles. The van der Waals surface area contributed by atoms with E-state index in [4.69, 9.17) is 9.81 Å². The molecule has 2 rings (SSSR count). The highest BCUT2D eigenvalue weighted by Crippen LogP contribution is 2.27. The molecule has 0 atom stereocenters. The summed E-state index contributed by atoms with van der Waals surface area (Å²) >= 11 is 0. The van der Waals surface area contributed by atoms with Gasteiger partial charge in [0.05, 0.1) is 4.90 Å². The van der Waals surface area contributed by atoms with Gasteiger partial charge in [-0.1, -0.05) is 24.3 Å². The molecule has 0 bridgehead atoms. The second kappa shape index (κ2) is 4.54. The van der Waals surface area contributed by atoms with E-state index in [0.29, 0.717) is 6.07 Å².